The highest BCUT2D eigenvalue weighted by Gasteiger charge is 2.21. The van der Waals surface area contributed by atoms with Gasteiger partial charge < -0.3 is 15.7 Å². The Labute approximate surface area is 119 Å². The van der Waals surface area contributed by atoms with E-state index >= 15 is 0 Å². The summed E-state index contributed by atoms with van der Waals surface area (Å²) in [7, 11) is 0. The van der Waals surface area contributed by atoms with Gasteiger partial charge in [0.05, 0.1) is 6.61 Å². The van der Waals surface area contributed by atoms with E-state index in [1.807, 2.05) is 4.90 Å². The quantitative estimate of drug-likeness (QED) is 0.791. The molecule has 5 nitrogen and oxygen atoms in total. The normalized spacial score (nSPS) is 15.9. The van der Waals surface area contributed by atoms with Crippen molar-refractivity contribution >= 4 is 24.0 Å². The molecule has 1 heterocycles. The van der Waals surface area contributed by atoms with Gasteiger partial charge in [0, 0.05) is 44.0 Å². The molecule has 1 amide bonds. The van der Waals surface area contributed by atoms with E-state index in [0.717, 1.165) is 13.1 Å². The number of nitrogen functional groups attached to an aromatic ring is 1. The average Bonchev–Trinajstić information content (AvgIpc) is 2.39. The molecule has 1 fully saturated rings. The lowest BCUT2D eigenvalue weighted by Gasteiger charge is -2.34. The highest BCUT2D eigenvalue weighted by molar-refractivity contribution is 5.95. The molecule has 1 saturated heterocycles. The number of hydrogen-bond acceptors (Lipinski definition) is 4. The van der Waals surface area contributed by atoms with E-state index in [0.29, 0.717) is 30.9 Å². The van der Waals surface area contributed by atoms with Crippen LogP contribution in [0.1, 0.15) is 10.4 Å². The molecule has 0 atom stereocenters. The van der Waals surface area contributed by atoms with Crippen molar-refractivity contribution in [3.8, 4) is 0 Å². The van der Waals surface area contributed by atoms with Gasteiger partial charge in [-0.1, -0.05) is 6.07 Å². The number of carbonyl (C=O) groups excluding carboxylic acids is 1. The lowest BCUT2D eigenvalue weighted by molar-refractivity contribution is 0.0615. The van der Waals surface area contributed by atoms with Gasteiger partial charge in [-0.3, -0.25) is 9.69 Å². The van der Waals surface area contributed by atoms with Crippen LogP contribution in [0.2, 0.25) is 0 Å². The first-order valence-electron chi connectivity index (χ1n) is 6.19. The third-order valence-electron chi connectivity index (χ3n) is 3.21. The summed E-state index contributed by atoms with van der Waals surface area (Å²) in [6, 6.07) is 7.07. The minimum absolute atomic E-state index is 0. The maximum absolute atomic E-state index is 12.2. The van der Waals surface area contributed by atoms with Crippen molar-refractivity contribution in [3.63, 3.8) is 0 Å². The first-order chi connectivity index (χ1) is 8.70. The van der Waals surface area contributed by atoms with E-state index in [1.165, 1.54) is 0 Å². The van der Waals surface area contributed by atoms with Crippen LogP contribution in [-0.2, 0) is 0 Å². The zero-order valence-electron chi connectivity index (χ0n) is 10.8. The monoisotopic (exact) mass is 285 g/mol. The summed E-state index contributed by atoms with van der Waals surface area (Å²) >= 11 is 0. The first kappa shape index (κ1) is 15.8. The van der Waals surface area contributed by atoms with Crippen LogP contribution in [0.5, 0.6) is 0 Å². The summed E-state index contributed by atoms with van der Waals surface area (Å²) in [4.78, 5) is 16.2. The van der Waals surface area contributed by atoms with Crippen molar-refractivity contribution in [2.75, 3.05) is 45.1 Å². The molecule has 106 valence electrons. The molecular formula is C13H20ClN3O2. The van der Waals surface area contributed by atoms with Crippen molar-refractivity contribution in [2.45, 2.75) is 0 Å². The lowest BCUT2D eigenvalue weighted by atomic mass is 10.1. The third kappa shape index (κ3) is 4.09. The number of hydrogen-bond donors (Lipinski definition) is 2. The Balaban J connectivity index is 0.00000180. The Morgan fingerprint density at radius 1 is 1.26 bits per heavy atom. The SMILES string of the molecule is Cl.Nc1cccc(C(=O)N2CCN(CCO)CC2)c1. The number of carbonyl (C=O) groups is 1. The molecule has 0 saturated carbocycles. The first-order valence-corrected chi connectivity index (χ1v) is 6.19. The number of amides is 1. The van der Waals surface area contributed by atoms with Crippen LogP contribution < -0.4 is 5.73 Å². The number of rotatable bonds is 3. The van der Waals surface area contributed by atoms with E-state index in [2.05, 4.69) is 4.90 Å². The van der Waals surface area contributed by atoms with Gasteiger partial charge in [-0.2, -0.15) is 0 Å². The second-order valence-electron chi connectivity index (χ2n) is 4.48. The second-order valence-corrected chi connectivity index (χ2v) is 4.48. The third-order valence-corrected chi connectivity index (χ3v) is 3.21. The molecular weight excluding hydrogens is 266 g/mol. The van der Waals surface area contributed by atoms with Gasteiger partial charge >= 0.3 is 0 Å². The van der Waals surface area contributed by atoms with Gasteiger partial charge in [0.2, 0.25) is 0 Å². The zero-order valence-corrected chi connectivity index (χ0v) is 11.6. The lowest BCUT2D eigenvalue weighted by Crippen LogP contribution is -2.49. The van der Waals surface area contributed by atoms with E-state index in [9.17, 15) is 4.79 Å². The van der Waals surface area contributed by atoms with Crippen LogP contribution in [0.3, 0.4) is 0 Å². The molecule has 1 aliphatic rings. The predicted octanol–water partition coefficient (Wildman–Crippen LogP) is 0.441. The summed E-state index contributed by atoms with van der Waals surface area (Å²) in [5.74, 6) is 0.0333. The Bertz CT molecular complexity index is 420. The number of aliphatic hydroxyl groups excluding tert-OH is 1. The number of β-amino-alcohol motifs (C(OH)–C–C–N with tert-alkyl or cyclic N) is 1. The standard InChI is InChI=1S/C13H19N3O2.ClH/c14-12-3-1-2-11(10-12)13(18)16-6-4-15(5-7-16)8-9-17;/h1-3,10,17H,4-9,14H2;1H. The Hall–Kier alpha value is -1.30. The molecule has 0 aromatic heterocycles. The van der Waals surface area contributed by atoms with Crippen molar-refractivity contribution in [1.82, 2.24) is 9.80 Å². The second kappa shape index (κ2) is 7.33. The number of aliphatic hydroxyl groups is 1. The summed E-state index contributed by atoms with van der Waals surface area (Å²) in [5.41, 5.74) is 6.94. The Morgan fingerprint density at radius 2 is 1.95 bits per heavy atom. The minimum Gasteiger partial charge on any atom is -0.399 e. The van der Waals surface area contributed by atoms with Gasteiger partial charge in [-0.25, -0.2) is 0 Å². The molecule has 0 unspecified atom stereocenters. The molecule has 0 radical (unpaired) electrons. The highest BCUT2D eigenvalue weighted by atomic mass is 35.5. The maximum atomic E-state index is 12.2. The smallest absolute Gasteiger partial charge is 0.254 e. The van der Waals surface area contributed by atoms with Crippen LogP contribution in [0, 0.1) is 0 Å². The molecule has 0 aliphatic carbocycles. The molecule has 1 aromatic carbocycles. The van der Waals surface area contributed by atoms with Gasteiger partial charge in [-0.05, 0) is 18.2 Å². The number of nitrogens with zero attached hydrogens (tertiary/aromatic N) is 2. The van der Waals surface area contributed by atoms with Gasteiger partial charge in [0.1, 0.15) is 0 Å². The van der Waals surface area contributed by atoms with Crippen LogP contribution in [0.15, 0.2) is 24.3 Å². The van der Waals surface area contributed by atoms with E-state index in [1.54, 1.807) is 24.3 Å². The fourth-order valence-corrected chi connectivity index (χ4v) is 2.17. The summed E-state index contributed by atoms with van der Waals surface area (Å²) in [6.45, 7) is 3.88. The molecule has 6 heteroatoms. The fourth-order valence-electron chi connectivity index (χ4n) is 2.17. The minimum atomic E-state index is 0. The van der Waals surface area contributed by atoms with Crippen LogP contribution in [0.25, 0.3) is 0 Å². The number of nitrogens with two attached hydrogens (primary N) is 1. The number of halogens is 1. The van der Waals surface area contributed by atoms with Crippen molar-refractivity contribution in [2.24, 2.45) is 0 Å². The van der Waals surface area contributed by atoms with Gasteiger partial charge in [0.15, 0.2) is 0 Å². The van der Waals surface area contributed by atoms with Crippen LogP contribution in [-0.4, -0.2) is 60.1 Å². The Kier molecular flexibility index (Phi) is 6.08. The van der Waals surface area contributed by atoms with Gasteiger partial charge in [0.25, 0.3) is 5.91 Å². The maximum Gasteiger partial charge on any atom is 0.254 e. The number of anilines is 1. The molecule has 19 heavy (non-hydrogen) atoms. The van der Waals surface area contributed by atoms with Gasteiger partial charge in [-0.15, -0.1) is 12.4 Å². The topological polar surface area (TPSA) is 69.8 Å². The zero-order chi connectivity index (χ0) is 13.0. The fraction of sp³-hybridized carbons (Fsp3) is 0.462. The molecule has 0 bridgehead atoms. The largest absolute Gasteiger partial charge is 0.399 e. The molecule has 0 spiro atoms. The molecule has 2 rings (SSSR count). The predicted molar refractivity (Wildman–Crippen MR) is 77.5 cm³/mol. The highest BCUT2D eigenvalue weighted by Crippen LogP contribution is 2.11. The molecule has 1 aliphatic heterocycles. The summed E-state index contributed by atoms with van der Waals surface area (Å²) in [6.07, 6.45) is 0. The van der Waals surface area contributed by atoms with E-state index in [-0.39, 0.29) is 24.9 Å². The Morgan fingerprint density at radius 3 is 2.53 bits per heavy atom. The van der Waals surface area contributed by atoms with Crippen molar-refractivity contribution in [3.05, 3.63) is 29.8 Å². The number of piperazine rings is 1. The summed E-state index contributed by atoms with van der Waals surface area (Å²) in [5, 5.41) is 8.87. The van der Waals surface area contributed by atoms with Crippen LogP contribution >= 0.6 is 12.4 Å². The average molecular weight is 286 g/mol. The van der Waals surface area contributed by atoms with E-state index in [4.69, 9.17) is 10.8 Å². The molecule has 1 aromatic rings. The summed E-state index contributed by atoms with van der Waals surface area (Å²) < 4.78 is 0. The van der Waals surface area contributed by atoms with Crippen molar-refractivity contribution < 1.29 is 9.90 Å². The van der Waals surface area contributed by atoms with E-state index < -0.39 is 0 Å². The van der Waals surface area contributed by atoms with Crippen molar-refractivity contribution in [1.29, 1.82) is 0 Å². The molecule has 3 N–H and O–H groups in total. The number of benzene rings is 1. The van der Waals surface area contributed by atoms with Crippen LogP contribution in [0.4, 0.5) is 5.69 Å².